The summed E-state index contributed by atoms with van der Waals surface area (Å²) in [4.78, 5) is 9.42. The van der Waals surface area contributed by atoms with E-state index >= 15 is 0 Å². The molecule has 1 fully saturated rings. The van der Waals surface area contributed by atoms with Gasteiger partial charge in [-0.2, -0.15) is 8.42 Å². The summed E-state index contributed by atoms with van der Waals surface area (Å²) in [5.41, 5.74) is -0.271. The highest BCUT2D eigenvalue weighted by Gasteiger charge is 2.57. The molecule has 9 heteroatoms. The van der Waals surface area contributed by atoms with Crippen molar-refractivity contribution >= 4 is 15.8 Å². The van der Waals surface area contributed by atoms with Gasteiger partial charge in [-0.05, 0) is 12.1 Å². The molecule has 1 aromatic carbocycles. The number of nitro groups is 1. The van der Waals surface area contributed by atoms with E-state index in [9.17, 15) is 27.3 Å². The Balaban J connectivity index is 2.05. The van der Waals surface area contributed by atoms with E-state index in [2.05, 4.69) is 4.18 Å². The molecule has 0 bridgehead atoms. The van der Waals surface area contributed by atoms with Crippen LogP contribution in [0, 0.1) is 16.0 Å². The highest BCUT2D eigenvalue weighted by atomic mass is 32.2. The molecule has 1 aromatic rings. The van der Waals surface area contributed by atoms with Gasteiger partial charge in [-0.1, -0.05) is 0 Å². The molecule has 0 saturated heterocycles. The van der Waals surface area contributed by atoms with E-state index in [0.717, 1.165) is 24.3 Å². The second-order valence-corrected chi connectivity index (χ2v) is 5.77. The molecule has 1 aliphatic rings. The van der Waals surface area contributed by atoms with Crippen molar-refractivity contribution in [2.75, 3.05) is 6.61 Å². The van der Waals surface area contributed by atoms with Crippen molar-refractivity contribution in [3.8, 4) is 0 Å². The zero-order chi connectivity index (χ0) is 14.3. The minimum Gasteiger partial charge on any atom is -0.266 e. The van der Waals surface area contributed by atoms with E-state index < -0.39 is 33.5 Å². The zero-order valence-corrected chi connectivity index (χ0v) is 10.3. The van der Waals surface area contributed by atoms with Crippen molar-refractivity contribution < 1.29 is 26.3 Å². The van der Waals surface area contributed by atoms with Crippen LogP contribution in [0.2, 0.25) is 0 Å². The van der Waals surface area contributed by atoms with Crippen LogP contribution in [0.5, 0.6) is 0 Å². The molecular weight excluding hydrogens is 284 g/mol. The third kappa shape index (κ3) is 3.04. The average Bonchev–Trinajstić information content (AvgIpc) is 2.95. The first-order valence-electron chi connectivity index (χ1n) is 5.24. The molecule has 6 nitrogen and oxygen atoms in total. The molecule has 104 valence electrons. The van der Waals surface area contributed by atoms with Gasteiger partial charge in [-0.25, -0.2) is 8.78 Å². The molecule has 0 radical (unpaired) electrons. The second kappa shape index (κ2) is 4.49. The van der Waals surface area contributed by atoms with Crippen molar-refractivity contribution in [2.45, 2.75) is 17.2 Å². The highest BCUT2D eigenvalue weighted by molar-refractivity contribution is 7.86. The van der Waals surface area contributed by atoms with Gasteiger partial charge in [0.05, 0.1) is 22.3 Å². The number of hydrogen-bond donors (Lipinski definition) is 0. The zero-order valence-electron chi connectivity index (χ0n) is 9.45. The number of benzene rings is 1. The molecule has 0 amide bonds. The lowest BCUT2D eigenvalue weighted by atomic mass is 10.3. The van der Waals surface area contributed by atoms with E-state index in [0.29, 0.717) is 0 Å². The lowest BCUT2D eigenvalue weighted by molar-refractivity contribution is -0.384. The van der Waals surface area contributed by atoms with Crippen LogP contribution >= 0.6 is 0 Å². The summed E-state index contributed by atoms with van der Waals surface area (Å²) in [6, 6.07) is 4.00. The van der Waals surface area contributed by atoms with Crippen LogP contribution in [-0.2, 0) is 14.3 Å². The summed E-state index contributed by atoms with van der Waals surface area (Å²) in [6.07, 6.45) is -0.386. The van der Waals surface area contributed by atoms with Gasteiger partial charge >= 0.3 is 0 Å². The Morgan fingerprint density at radius 3 is 2.32 bits per heavy atom. The number of alkyl halides is 2. The summed E-state index contributed by atoms with van der Waals surface area (Å²) >= 11 is 0. The summed E-state index contributed by atoms with van der Waals surface area (Å²) in [5.74, 6) is -3.94. The fourth-order valence-corrected chi connectivity index (χ4v) is 2.37. The molecular formula is C10H9F2NO5S. The number of halogens is 2. The van der Waals surface area contributed by atoms with Crippen LogP contribution in [0.25, 0.3) is 0 Å². The lowest BCUT2D eigenvalue weighted by Crippen LogP contribution is -2.11. The largest absolute Gasteiger partial charge is 0.296 e. The highest BCUT2D eigenvalue weighted by Crippen LogP contribution is 2.48. The van der Waals surface area contributed by atoms with E-state index in [1.807, 2.05) is 0 Å². The van der Waals surface area contributed by atoms with Crippen LogP contribution < -0.4 is 0 Å². The normalized spacial score (nSPS) is 21.1. The SMILES string of the molecule is O=[N+]([O-])c1ccc(S(=O)(=O)OC[C@@H]2CC2(F)F)cc1. The smallest absolute Gasteiger partial charge is 0.266 e. The molecule has 0 unspecified atom stereocenters. The fraction of sp³-hybridized carbons (Fsp3) is 0.400. The van der Waals surface area contributed by atoms with Crippen molar-refractivity contribution in [2.24, 2.45) is 5.92 Å². The average molecular weight is 293 g/mol. The molecule has 19 heavy (non-hydrogen) atoms. The molecule has 1 atom stereocenters. The van der Waals surface area contributed by atoms with E-state index in [-0.39, 0.29) is 17.0 Å². The minimum absolute atomic E-state index is 0.271. The van der Waals surface area contributed by atoms with Crippen molar-refractivity contribution in [1.29, 1.82) is 0 Å². The monoisotopic (exact) mass is 293 g/mol. The first kappa shape index (κ1) is 13.8. The van der Waals surface area contributed by atoms with Gasteiger partial charge in [-0.3, -0.25) is 14.3 Å². The topological polar surface area (TPSA) is 86.5 Å². The van der Waals surface area contributed by atoms with E-state index in [1.165, 1.54) is 0 Å². The standard InChI is InChI=1S/C10H9F2NO5S/c11-10(12)5-7(10)6-18-19(16,17)9-3-1-8(2-4-9)13(14)15/h1-4,7H,5-6H2/t7-/m0/s1. The molecule has 0 aromatic heterocycles. The van der Waals surface area contributed by atoms with Gasteiger partial charge in [-0.15, -0.1) is 0 Å². The Labute approximate surface area is 107 Å². The number of hydrogen-bond acceptors (Lipinski definition) is 5. The minimum atomic E-state index is -4.16. The summed E-state index contributed by atoms with van der Waals surface area (Å²) < 4.78 is 52.9. The summed E-state index contributed by atoms with van der Waals surface area (Å²) in [6.45, 7) is -0.591. The van der Waals surface area contributed by atoms with Gasteiger partial charge in [0, 0.05) is 18.6 Å². The maximum absolute atomic E-state index is 12.6. The maximum Gasteiger partial charge on any atom is 0.296 e. The van der Waals surface area contributed by atoms with Gasteiger partial charge < -0.3 is 0 Å². The van der Waals surface area contributed by atoms with Gasteiger partial charge in [0.25, 0.3) is 21.7 Å². The number of nitro benzene ring substituents is 1. The van der Waals surface area contributed by atoms with Crippen LogP contribution in [0.1, 0.15) is 6.42 Å². The molecule has 0 spiro atoms. The number of rotatable bonds is 5. The quantitative estimate of drug-likeness (QED) is 0.470. The number of nitrogens with zero attached hydrogens (tertiary/aromatic N) is 1. The van der Waals surface area contributed by atoms with Crippen molar-refractivity contribution in [3.05, 3.63) is 34.4 Å². The molecule has 2 rings (SSSR count). The summed E-state index contributed by atoms with van der Waals surface area (Å²) in [5, 5.41) is 10.4. The van der Waals surface area contributed by atoms with Gasteiger partial charge in [0.2, 0.25) is 0 Å². The summed E-state index contributed by atoms with van der Waals surface area (Å²) in [7, 11) is -4.16. The molecule has 1 saturated carbocycles. The predicted octanol–water partition coefficient (Wildman–Crippen LogP) is 1.96. The Morgan fingerprint density at radius 1 is 1.37 bits per heavy atom. The van der Waals surface area contributed by atoms with E-state index in [1.54, 1.807) is 0 Å². The lowest BCUT2D eigenvalue weighted by Gasteiger charge is -2.04. The van der Waals surface area contributed by atoms with Crippen LogP contribution in [-0.4, -0.2) is 25.9 Å². The molecule has 0 aliphatic heterocycles. The molecule has 1 aliphatic carbocycles. The van der Waals surface area contributed by atoms with Gasteiger partial charge in [0.1, 0.15) is 0 Å². The Bertz CT molecular complexity index is 599. The van der Waals surface area contributed by atoms with Crippen molar-refractivity contribution in [3.63, 3.8) is 0 Å². The van der Waals surface area contributed by atoms with E-state index in [4.69, 9.17) is 0 Å². The Hall–Kier alpha value is -1.61. The third-order valence-electron chi connectivity index (χ3n) is 2.72. The number of non-ortho nitro benzene ring substituents is 1. The second-order valence-electron chi connectivity index (χ2n) is 4.15. The van der Waals surface area contributed by atoms with Crippen LogP contribution in [0.15, 0.2) is 29.2 Å². The third-order valence-corrected chi connectivity index (χ3v) is 4.01. The first-order chi connectivity index (χ1) is 8.72. The van der Waals surface area contributed by atoms with Crippen LogP contribution in [0.3, 0.4) is 0 Å². The fourth-order valence-electron chi connectivity index (χ4n) is 1.42. The maximum atomic E-state index is 12.6. The molecule has 0 heterocycles. The van der Waals surface area contributed by atoms with Crippen molar-refractivity contribution in [1.82, 2.24) is 0 Å². The predicted molar refractivity (Wildman–Crippen MR) is 59.3 cm³/mol. The molecule has 0 N–H and O–H groups in total. The Morgan fingerprint density at radius 2 is 1.89 bits per heavy atom. The van der Waals surface area contributed by atoms with Crippen LogP contribution in [0.4, 0.5) is 14.5 Å². The Kier molecular flexibility index (Phi) is 3.27. The van der Waals surface area contributed by atoms with Gasteiger partial charge in [0.15, 0.2) is 0 Å². The first-order valence-corrected chi connectivity index (χ1v) is 6.65.